The van der Waals surface area contributed by atoms with E-state index >= 15 is 0 Å². The van der Waals surface area contributed by atoms with E-state index in [9.17, 15) is 4.79 Å². The van der Waals surface area contributed by atoms with Crippen molar-refractivity contribution in [2.45, 2.75) is 33.2 Å². The number of allylic oxidation sites excluding steroid dienone is 1. The molecular weight excluding hydrogens is 176 g/mol. The number of hydrogen-bond donors (Lipinski definition) is 0. The minimum absolute atomic E-state index is 0.766. The summed E-state index contributed by atoms with van der Waals surface area (Å²) in [6.07, 6.45) is 8.36. The lowest BCUT2D eigenvalue weighted by molar-refractivity contribution is -0.104. The molecular formula is C11H16N2O. The van der Waals surface area contributed by atoms with Gasteiger partial charge in [-0.2, -0.15) is 5.10 Å². The maximum Gasteiger partial charge on any atom is 0.146 e. The molecule has 0 aromatic carbocycles. The van der Waals surface area contributed by atoms with E-state index in [0.717, 1.165) is 36.8 Å². The Bertz CT molecular complexity index is 326. The van der Waals surface area contributed by atoms with Crippen molar-refractivity contribution in [3.05, 3.63) is 23.5 Å². The lowest BCUT2D eigenvalue weighted by Crippen LogP contribution is -1.95. The van der Waals surface area contributed by atoms with Crippen LogP contribution < -0.4 is 0 Å². The number of nitrogens with zero attached hydrogens (tertiary/aromatic N) is 2. The highest BCUT2D eigenvalue weighted by Crippen LogP contribution is 2.07. The summed E-state index contributed by atoms with van der Waals surface area (Å²) in [5.74, 6) is 0. The van der Waals surface area contributed by atoms with Crippen LogP contribution in [0.15, 0.2) is 18.0 Å². The van der Waals surface area contributed by atoms with E-state index in [1.165, 1.54) is 0 Å². The van der Waals surface area contributed by atoms with Gasteiger partial charge in [0, 0.05) is 18.3 Å². The van der Waals surface area contributed by atoms with Gasteiger partial charge in [-0.1, -0.05) is 13.8 Å². The van der Waals surface area contributed by atoms with E-state index in [1.54, 1.807) is 6.20 Å². The minimum Gasteiger partial charge on any atom is -0.298 e. The molecule has 1 aromatic rings. The summed E-state index contributed by atoms with van der Waals surface area (Å²) >= 11 is 0. The Labute approximate surface area is 84.4 Å². The molecule has 0 spiro atoms. The van der Waals surface area contributed by atoms with Crippen LogP contribution in [0.3, 0.4) is 0 Å². The number of carbonyl (C=O) groups excluding carboxylic acids is 1. The molecule has 0 radical (unpaired) electrons. The SMILES string of the molecule is CCCn1cc(/C=C(\C=O)CC)cn1. The fraction of sp³-hybridized carbons (Fsp3) is 0.455. The second kappa shape index (κ2) is 5.37. The highest BCUT2D eigenvalue weighted by Gasteiger charge is 1.96. The van der Waals surface area contributed by atoms with Gasteiger partial charge >= 0.3 is 0 Å². The zero-order valence-electron chi connectivity index (χ0n) is 8.73. The standard InChI is InChI=1S/C11H16N2O/c1-3-5-13-8-11(7-12-13)6-10(4-2)9-14/h6-9H,3-5H2,1-2H3/b10-6-. The highest BCUT2D eigenvalue weighted by atomic mass is 16.1. The zero-order chi connectivity index (χ0) is 10.4. The van der Waals surface area contributed by atoms with Crippen molar-refractivity contribution in [3.8, 4) is 0 Å². The summed E-state index contributed by atoms with van der Waals surface area (Å²) in [6, 6.07) is 0. The van der Waals surface area contributed by atoms with Crippen LogP contribution in [0.4, 0.5) is 0 Å². The number of aldehydes is 1. The number of aromatic nitrogens is 2. The van der Waals surface area contributed by atoms with Gasteiger partial charge in [0.1, 0.15) is 6.29 Å². The molecule has 0 aliphatic rings. The van der Waals surface area contributed by atoms with Gasteiger partial charge in [0.15, 0.2) is 0 Å². The molecule has 0 aliphatic carbocycles. The topological polar surface area (TPSA) is 34.9 Å². The van der Waals surface area contributed by atoms with Crippen molar-refractivity contribution in [1.82, 2.24) is 9.78 Å². The van der Waals surface area contributed by atoms with Crippen LogP contribution in [0, 0.1) is 0 Å². The summed E-state index contributed by atoms with van der Waals surface area (Å²) < 4.78 is 1.89. The first kappa shape index (κ1) is 10.7. The molecule has 1 aromatic heterocycles. The molecule has 0 atom stereocenters. The van der Waals surface area contributed by atoms with Crippen molar-refractivity contribution in [2.75, 3.05) is 0 Å². The van der Waals surface area contributed by atoms with Crippen LogP contribution in [0.25, 0.3) is 6.08 Å². The van der Waals surface area contributed by atoms with Crippen molar-refractivity contribution in [1.29, 1.82) is 0 Å². The second-order valence-electron chi connectivity index (χ2n) is 3.23. The summed E-state index contributed by atoms with van der Waals surface area (Å²) in [4.78, 5) is 10.6. The Kier molecular flexibility index (Phi) is 4.11. The largest absolute Gasteiger partial charge is 0.298 e. The van der Waals surface area contributed by atoms with Crippen LogP contribution in [0.1, 0.15) is 32.3 Å². The van der Waals surface area contributed by atoms with Crippen LogP contribution in [-0.4, -0.2) is 16.1 Å². The van der Waals surface area contributed by atoms with Gasteiger partial charge in [0.05, 0.1) is 6.20 Å². The molecule has 14 heavy (non-hydrogen) atoms. The van der Waals surface area contributed by atoms with Gasteiger partial charge in [0.2, 0.25) is 0 Å². The molecule has 0 saturated heterocycles. The Morgan fingerprint density at radius 2 is 2.36 bits per heavy atom. The van der Waals surface area contributed by atoms with Crippen LogP contribution in [0.2, 0.25) is 0 Å². The predicted octanol–water partition coefficient (Wildman–Crippen LogP) is 2.29. The molecule has 0 amide bonds. The fourth-order valence-corrected chi connectivity index (χ4v) is 1.24. The molecule has 1 rings (SSSR count). The van der Waals surface area contributed by atoms with Crippen LogP contribution >= 0.6 is 0 Å². The van der Waals surface area contributed by atoms with E-state index in [1.807, 2.05) is 23.9 Å². The molecule has 3 nitrogen and oxygen atoms in total. The maximum absolute atomic E-state index is 10.6. The van der Waals surface area contributed by atoms with Crippen molar-refractivity contribution in [2.24, 2.45) is 0 Å². The highest BCUT2D eigenvalue weighted by molar-refractivity contribution is 5.81. The van der Waals surface area contributed by atoms with E-state index < -0.39 is 0 Å². The zero-order valence-corrected chi connectivity index (χ0v) is 8.73. The number of carbonyl (C=O) groups is 1. The predicted molar refractivity (Wildman–Crippen MR) is 56.9 cm³/mol. The molecule has 0 saturated carbocycles. The second-order valence-corrected chi connectivity index (χ2v) is 3.23. The maximum atomic E-state index is 10.6. The van der Waals surface area contributed by atoms with Gasteiger partial charge in [-0.25, -0.2) is 0 Å². The van der Waals surface area contributed by atoms with E-state index in [0.29, 0.717) is 0 Å². The third-order valence-electron chi connectivity index (χ3n) is 2.02. The lowest BCUT2D eigenvalue weighted by Gasteiger charge is -1.94. The van der Waals surface area contributed by atoms with E-state index in [4.69, 9.17) is 0 Å². The smallest absolute Gasteiger partial charge is 0.146 e. The average molecular weight is 192 g/mol. The molecule has 0 N–H and O–H groups in total. The molecule has 1 heterocycles. The van der Waals surface area contributed by atoms with Crippen molar-refractivity contribution in [3.63, 3.8) is 0 Å². The fourth-order valence-electron chi connectivity index (χ4n) is 1.24. The van der Waals surface area contributed by atoms with Gasteiger partial charge < -0.3 is 0 Å². The molecule has 0 bridgehead atoms. The van der Waals surface area contributed by atoms with Gasteiger partial charge in [-0.15, -0.1) is 0 Å². The third kappa shape index (κ3) is 2.83. The Morgan fingerprint density at radius 3 is 2.93 bits per heavy atom. The monoisotopic (exact) mass is 192 g/mol. The normalized spacial score (nSPS) is 11.7. The van der Waals surface area contributed by atoms with Gasteiger partial charge in [-0.05, 0) is 24.5 Å². The number of rotatable bonds is 5. The van der Waals surface area contributed by atoms with Gasteiger partial charge in [0.25, 0.3) is 0 Å². The van der Waals surface area contributed by atoms with Crippen LogP contribution in [-0.2, 0) is 11.3 Å². The molecule has 0 unspecified atom stereocenters. The number of aryl methyl sites for hydroxylation is 1. The summed E-state index contributed by atoms with van der Waals surface area (Å²) in [5.41, 5.74) is 1.81. The number of hydrogen-bond acceptors (Lipinski definition) is 2. The molecule has 0 fully saturated rings. The van der Waals surface area contributed by atoms with E-state index in [-0.39, 0.29) is 0 Å². The summed E-state index contributed by atoms with van der Waals surface area (Å²) in [6.45, 7) is 5.01. The molecule has 0 aliphatic heterocycles. The quantitative estimate of drug-likeness (QED) is 0.530. The Balaban J connectivity index is 2.76. The minimum atomic E-state index is 0.766. The van der Waals surface area contributed by atoms with Gasteiger partial charge in [-0.3, -0.25) is 9.48 Å². The average Bonchev–Trinajstić information content (AvgIpc) is 2.63. The summed E-state index contributed by atoms with van der Waals surface area (Å²) in [7, 11) is 0. The molecule has 76 valence electrons. The Morgan fingerprint density at radius 1 is 1.57 bits per heavy atom. The first-order valence-corrected chi connectivity index (χ1v) is 4.98. The molecule has 3 heteroatoms. The van der Waals surface area contributed by atoms with E-state index in [2.05, 4.69) is 12.0 Å². The van der Waals surface area contributed by atoms with Crippen LogP contribution in [0.5, 0.6) is 0 Å². The third-order valence-corrected chi connectivity index (χ3v) is 2.02. The Hall–Kier alpha value is -1.38. The van der Waals surface area contributed by atoms with Crippen molar-refractivity contribution < 1.29 is 4.79 Å². The first-order chi connectivity index (χ1) is 6.80. The lowest BCUT2D eigenvalue weighted by atomic mass is 10.2. The summed E-state index contributed by atoms with van der Waals surface area (Å²) in [5, 5.41) is 4.18. The first-order valence-electron chi connectivity index (χ1n) is 4.98. The van der Waals surface area contributed by atoms with Crippen molar-refractivity contribution >= 4 is 12.4 Å².